The summed E-state index contributed by atoms with van der Waals surface area (Å²) in [5.74, 6) is -3.44. The number of aromatic hydroxyl groups is 2. The van der Waals surface area contributed by atoms with Gasteiger partial charge in [-0.2, -0.15) is 0 Å². The predicted molar refractivity (Wildman–Crippen MR) is 175 cm³/mol. The zero-order chi connectivity index (χ0) is 34.3. The van der Waals surface area contributed by atoms with E-state index >= 15 is 0 Å². The summed E-state index contributed by atoms with van der Waals surface area (Å²) in [7, 11) is 0. The number of aliphatic imine (C=N–C) groups is 1. The number of hydrogen-bond donors (Lipinski definition) is 9. The van der Waals surface area contributed by atoms with Gasteiger partial charge in [-0.1, -0.05) is 54.6 Å². The van der Waals surface area contributed by atoms with Crippen molar-refractivity contribution in [3.8, 4) is 11.5 Å². The second-order valence-corrected chi connectivity index (χ2v) is 11.0. The number of carbonyl (C=O) groups excluding carboxylic acids is 3. The number of phenols is 2. The molecule has 12 N–H and O–H groups in total. The van der Waals surface area contributed by atoms with Crippen molar-refractivity contribution >= 4 is 29.7 Å². The fourth-order valence-corrected chi connectivity index (χ4v) is 4.68. The average Bonchev–Trinajstić information content (AvgIpc) is 3.04. The molecule has 3 amide bonds. The van der Waals surface area contributed by atoms with Crippen molar-refractivity contribution in [1.82, 2.24) is 16.0 Å². The Morgan fingerprint density at radius 3 is 1.53 bits per heavy atom. The number of carbonyl (C=O) groups is 4. The quantitative estimate of drug-likeness (QED) is 0.0540. The molecule has 0 spiro atoms. The summed E-state index contributed by atoms with van der Waals surface area (Å²) in [6.07, 6.45) is 0.595. The zero-order valence-electron chi connectivity index (χ0n) is 25.7. The molecule has 0 bridgehead atoms. The van der Waals surface area contributed by atoms with Crippen LogP contribution < -0.4 is 33.2 Å². The molecule has 3 aromatic carbocycles. The first-order valence-corrected chi connectivity index (χ1v) is 15.0. The van der Waals surface area contributed by atoms with Crippen LogP contribution in [0, 0.1) is 0 Å². The second kappa shape index (κ2) is 17.8. The molecule has 0 radical (unpaired) electrons. The van der Waals surface area contributed by atoms with E-state index in [0.29, 0.717) is 17.5 Å². The van der Waals surface area contributed by atoms with Crippen molar-refractivity contribution in [2.75, 3.05) is 6.54 Å². The van der Waals surface area contributed by atoms with Gasteiger partial charge in [0.25, 0.3) is 0 Å². The number of phenolic OH excluding ortho intramolecular Hbond substituents is 2. The van der Waals surface area contributed by atoms with Crippen LogP contribution in [0.2, 0.25) is 0 Å². The Morgan fingerprint density at radius 1 is 0.638 bits per heavy atom. The highest BCUT2D eigenvalue weighted by Crippen LogP contribution is 2.14. The third-order valence-corrected chi connectivity index (χ3v) is 7.22. The highest BCUT2D eigenvalue weighted by Gasteiger charge is 2.31. The van der Waals surface area contributed by atoms with Crippen LogP contribution in [0.3, 0.4) is 0 Å². The smallest absolute Gasteiger partial charge is 0.326 e. The van der Waals surface area contributed by atoms with Gasteiger partial charge in [-0.25, -0.2) is 4.79 Å². The number of amides is 3. The zero-order valence-corrected chi connectivity index (χ0v) is 25.7. The fraction of sp³-hybridized carbons (Fsp3) is 0.303. The Hall–Kier alpha value is -5.63. The maximum absolute atomic E-state index is 13.8. The van der Waals surface area contributed by atoms with E-state index in [1.807, 2.05) is 0 Å². The van der Waals surface area contributed by atoms with Gasteiger partial charge in [0.2, 0.25) is 17.7 Å². The van der Waals surface area contributed by atoms with E-state index in [1.165, 1.54) is 36.4 Å². The number of nitrogens with two attached hydrogens (primary N) is 3. The van der Waals surface area contributed by atoms with E-state index in [0.717, 1.165) is 5.56 Å². The maximum Gasteiger partial charge on any atom is 0.326 e. The number of benzene rings is 3. The molecule has 0 aromatic heterocycles. The average molecular weight is 648 g/mol. The summed E-state index contributed by atoms with van der Waals surface area (Å²) in [5, 5.41) is 37.0. The van der Waals surface area contributed by atoms with E-state index in [-0.39, 0.29) is 49.7 Å². The van der Waals surface area contributed by atoms with Crippen LogP contribution in [0.4, 0.5) is 0 Å². The first-order chi connectivity index (χ1) is 22.4. The van der Waals surface area contributed by atoms with Gasteiger partial charge >= 0.3 is 5.97 Å². The number of nitrogens with zero attached hydrogens (tertiary/aromatic N) is 1. The third-order valence-electron chi connectivity index (χ3n) is 7.22. The molecule has 14 nitrogen and oxygen atoms in total. The Bertz CT molecular complexity index is 1510. The number of rotatable bonds is 17. The maximum atomic E-state index is 13.8. The summed E-state index contributed by atoms with van der Waals surface area (Å²) >= 11 is 0. The van der Waals surface area contributed by atoms with E-state index in [2.05, 4.69) is 20.9 Å². The first-order valence-electron chi connectivity index (χ1n) is 15.0. The number of aliphatic carboxylic acids is 1. The lowest BCUT2D eigenvalue weighted by molar-refractivity contribution is -0.142. The summed E-state index contributed by atoms with van der Waals surface area (Å²) in [5.41, 5.74) is 18.6. The van der Waals surface area contributed by atoms with Gasteiger partial charge in [-0.05, 0) is 53.8 Å². The molecule has 0 saturated carbocycles. The van der Waals surface area contributed by atoms with Crippen LogP contribution in [0.25, 0.3) is 0 Å². The molecule has 0 fully saturated rings. The summed E-state index contributed by atoms with van der Waals surface area (Å²) < 4.78 is 0. The normalized spacial score (nSPS) is 13.3. The molecule has 0 saturated heterocycles. The van der Waals surface area contributed by atoms with Gasteiger partial charge in [-0.15, -0.1) is 0 Å². The van der Waals surface area contributed by atoms with Crippen LogP contribution in [-0.2, 0) is 38.4 Å². The van der Waals surface area contributed by atoms with Crippen molar-refractivity contribution in [2.45, 2.75) is 56.3 Å². The molecule has 250 valence electrons. The van der Waals surface area contributed by atoms with Gasteiger partial charge in [0, 0.05) is 25.8 Å². The Balaban J connectivity index is 1.82. The highest BCUT2D eigenvalue weighted by atomic mass is 16.4. The van der Waals surface area contributed by atoms with Crippen LogP contribution >= 0.6 is 0 Å². The molecular weight excluding hydrogens is 606 g/mol. The lowest BCUT2D eigenvalue weighted by Gasteiger charge is -2.25. The predicted octanol–water partition coefficient (Wildman–Crippen LogP) is 0.0456. The fourth-order valence-electron chi connectivity index (χ4n) is 4.68. The van der Waals surface area contributed by atoms with Gasteiger partial charge in [0.15, 0.2) is 5.96 Å². The molecular formula is C33H41N7O7. The SMILES string of the molecule is NC(N)=NCCCC(N)C(=O)NC(Cc1ccccc1)C(=O)NC(Cc1ccc(O)cc1)C(=O)NC(Cc1ccc(O)cc1)C(=O)O. The summed E-state index contributed by atoms with van der Waals surface area (Å²) in [6.45, 7) is 0.273. The molecule has 0 aliphatic carbocycles. The standard InChI is InChI=1S/C33H41N7O7/c34-25(7-4-16-37-33(35)36)29(43)38-26(17-20-5-2-1-3-6-20)30(44)39-27(18-21-8-12-23(41)13-9-21)31(45)40-28(32(46)47)19-22-10-14-24(42)15-11-22/h1-3,5-6,8-15,25-28,41-42H,4,7,16-19,34H2,(H,38,43)(H,39,44)(H,40,45)(H,46,47)(H4,35,36,37). The van der Waals surface area contributed by atoms with E-state index in [1.54, 1.807) is 42.5 Å². The monoisotopic (exact) mass is 647 g/mol. The van der Waals surface area contributed by atoms with E-state index in [9.17, 15) is 34.5 Å². The van der Waals surface area contributed by atoms with Crippen LogP contribution in [0.1, 0.15) is 29.5 Å². The molecule has 14 heteroatoms. The highest BCUT2D eigenvalue weighted by molar-refractivity contribution is 5.94. The van der Waals surface area contributed by atoms with Crippen LogP contribution in [0.5, 0.6) is 11.5 Å². The molecule has 4 unspecified atom stereocenters. The third kappa shape index (κ3) is 12.4. The number of carboxylic acids is 1. The van der Waals surface area contributed by atoms with Crippen LogP contribution in [0.15, 0.2) is 83.9 Å². The minimum atomic E-state index is -1.36. The molecule has 3 rings (SSSR count). The minimum Gasteiger partial charge on any atom is -0.508 e. The summed E-state index contributed by atoms with van der Waals surface area (Å²) in [4.78, 5) is 56.4. The summed E-state index contributed by atoms with van der Waals surface area (Å²) in [6, 6.07) is 16.0. The molecule has 3 aromatic rings. The number of guanidine groups is 1. The molecule has 0 aliphatic rings. The number of hydrogen-bond acceptors (Lipinski definition) is 8. The van der Waals surface area contributed by atoms with Gasteiger partial charge < -0.3 is 48.5 Å². The largest absolute Gasteiger partial charge is 0.508 e. The molecule has 4 atom stereocenters. The van der Waals surface area contributed by atoms with Gasteiger partial charge in [0.1, 0.15) is 29.6 Å². The van der Waals surface area contributed by atoms with Crippen molar-refractivity contribution in [1.29, 1.82) is 0 Å². The Kier molecular flexibility index (Phi) is 13.5. The van der Waals surface area contributed by atoms with Crippen molar-refractivity contribution < 1.29 is 34.5 Å². The number of nitrogens with one attached hydrogen (secondary N) is 3. The minimum absolute atomic E-state index is 0.00102. The van der Waals surface area contributed by atoms with Crippen LogP contribution in [-0.4, -0.2) is 75.7 Å². The van der Waals surface area contributed by atoms with Crippen molar-refractivity contribution in [3.63, 3.8) is 0 Å². The molecule has 0 heterocycles. The topological polar surface area (TPSA) is 255 Å². The van der Waals surface area contributed by atoms with E-state index < -0.39 is 47.9 Å². The van der Waals surface area contributed by atoms with Gasteiger partial charge in [0.05, 0.1) is 6.04 Å². The van der Waals surface area contributed by atoms with Crippen molar-refractivity contribution in [3.05, 3.63) is 95.6 Å². The van der Waals surface area contributed by atoms with Crippen molar-refractivity contribution in [2.24, 2.45) is 22.2 Å². The lowest BCUT2D eigenvalue weighted by Crippen LogP contribution is -2.58. The van der Waals surface area contributed by atoms with Gasteiger partial charge in [-0.3, -0.25) is 19.4 Å². The second-order valence-electron chi connectivity index (χ2n) is 11.0. The molecule has 47 heavy (non-hydrogen) atoms. The Morgan fingerprint density at radius 2 is 1.06 bits per heavy atom. The van der Waals surface area contributed by atoms with E-state index in [4.69, 9.17) is 17.2 Å². The molecule has 0 aliphatic heterocycles. The lowest BCUT2D eigenvalue weighted by atomic mass is 10.0. The first kappa shape index (κ1) is 35.8. The number of carboxylic acid groups (broad SMARTS) is 1. The Labute approximate surface area is 272 Å².